The molecular weight excluding hydrogens is 386 g/mol. The van der Waals surface area contributed by atoms with Gasteiger partial charge in [-0.2, -0.15) is 0 Å². The summed E-state index contributed by atoms with van der Waals surface area (Å²) in [5, 5.41) is 3.60. The zero-order chi connectivity index (χ0) is 20.4. The summed E-state index contributed by atoms with van der Waals surface area (Å²) in [5.74, 6) is 1.22. The van der Waals surface area contributed by atoms with Gasteiger partial charge in [-0.25, -0.2) is 4.98 Å². The molecule has 0 saturated heterocycles. The van der Waals surface area contributed by atoms with Crippen LogP contribution in [0.2, 0.25) is 0 Å². The Bertz CT molecular complexity index is 1070. The highest BCUT2D eigenvalue weighted by Crippen LogP contribution is 2.30. The number of benzene rings is 2. The summed E-state index contributed by atoms with van der Waals surface area (Å²) < 4.78 is 7.56. The van der Waals surface area contributed by atoms with Crippen LogP contribution in [0.1, 0.15) is 30.6 Å². The van der Waals surface area contributed by atoms with Crippen LogP contribution in [0.3, 0.4) is 0 Å². The molecule has 4 rings (SSSR count). The van der Waals surface area contributed by atoms with Gasteiger partial charge in [-0.1, -0.05) is 37.7 Å². The van der Waals surface area contributed by atoms with Crippen molar-refractivity contribution in [2.24, 2.45) is 5.92 Å². The molecule has 0 saturated carbocycles. The lowest BCUT2D eigenvalue weighted by atomic mass is 10.1. The average molecular weight is 410 g/mol. The summed E-state index contributed by atoms with van der Waals surface area (Å²) in [7, 11) is 0. The van der Waals surface area contributed by atoms with Gasteiger partial charge in [0.05, 0.1) is 22.5 Å². The highest BCUT2D eigenvalue weighted by atomic mass is 32.2. The van der Waals surface area contributed by atoms with Crippen LogP contribution in [0, 0.1) is 5.92 Å². The van der Waals surface area contributed by atoms with Crippen molar-refractivity contribution >= 4 is 40.2 Å². The molecule has 0 unspecified atom stereocenters. The quantitative estimate of drug-likeness (QED) is 0.463. The van der Waals surface area contributed by atoms with Gasteiger partial charge in [0.2, 0.25) is 0 Å². The van der Waals surface area contributed by atoms with Crippen molar-refractivity contribution in [2.75, 3.05) is 17.7 Å². The van der Waals surface area contributed by atoms with E-state index in [-0.39, 0.29) is 24.1 Å². The Morgan fingerprint density at radius 1 is 1.28 bits per heavy atom. The molecule has 0 spiro atoms. The molecular formula is C22H23N3O3S. The number of Topliss-reactive ketones (excluding diaryl/α,β-unsaturated/α-hetero) is 1. The Morgan fingerprint density at radius 2 is 2.10 bits per heavy atom. The second-order valence-electron chi connectivity index (χ2n) is 7.48. The number of fused-ring (bicyclic) bond motifs is 2. The minimum absolute atomic E-state index is 0.00272. The zero-order valence-corrected chi connectivity index (χ0v) is 17.3. The van der Waals surface area contributed by atoms with Gasteiger partial charge in [0.15, 0.2) is 17.5 Å². The maximum absolute atomic E-state index is 12.8. The summed E-state index contributed by atoms with van der Waals surface area (Å²) >= 11 is 1.45. The monoisotopic (exact) mass is 409 g/mol. The number of nitrogens with zero attached hydrogens (tertiary/aromatic N) is 2. The number of aromatic nitrogens is 2. The zero-order valence-electron chi connectivity index (χ0n) is 16.5. The van der Waals surface area contributed by atoms with E-state index in [9.17, 15) is 9.59 Å². The van der Waals surface area contributed by atoms with E-state index in [1.165, 1.54) is 11.8 Å². The SMILES string of the molecule is CC(C)CCn1c(SCC(=O)c2ccc3c(c2)NC(=O)CO3)nc2ccccc21. The first kappa shape index (κ1) is 19.5. The van der Waals surface area contributed by atoms with E-state index in [0.717, 1.165) is 29.2 Å². The van der Waals surface area contributed by atoms with E-state index in [4.69, 9.17) is 9.72 Å². The fraction of sp³-hybridized carbons (Fsp3) is 0.318. The molecule has 0 radical (unpaired) electrons. The van der Waals surface area contributed by atoms with Crippen LogP contribution in [0.15, 0.2) is 47.6 Å². The minimum Gasteiger partial charge on any atom is -0.482 e. The van der Waals surface area contributed by atoms with Gasteiger partial charge in [0.25, 0.3) is 5.91 Å². The standard InChI is InChI=1S/C22H23N3O3S/c1-14(2)9-10-25-18-6-4-3-5-16(18)24-22(25)29-13-19(26)15-7-8-20-17(11-15)23-21(27)12-28-20/h3-8,11,14H,9-10,12-13H2,1-2H3,(H,23,27). The molecule has 1 aliphatic rings. The van der Waals surface area contributed by atoms with Crippen LogP contribution in [0.25, 0.3) is 11.0 Å². The first-order valence-corrected chi connectivity index (χ1v) is 10.7. The molecule has 2 aromatic carbocycles. The van der Waals surface area contributed by atoms with Crippen molar-refractivity contribution in [3.8, 4) is 5.75 Å². The number of nitrogens with one attached hydrogen (secondary N) is 1. The first-order valence-electron chi connectivity index (χ1n) is 9.69. The van der Waals surface area contributed by atoms with Crippen molar-refractivity contribution in [1.82, 2.24) is 9.55 Å². The fourth-order valence-electron chi connectivity index (χ4n) is 3.24. The van der Waals surface area contributed by atoms with Crippen LogP contribution in [0.4, 0.5) is 5.69 Å². The van der Waals surface area contributed by atoms with Crippen LogP contribution in [-0.4, -0.2) is 33.6 Å². The molecule has 1 N–H and O–H groups in total. The highest BCUT2D eigenvalue weighted by molar-refractivity contribution is 7.99. The van der Waals surface area contributed by atoms with Crippen molar-refractivity contribution in [3.63, 3.8) is 0 Å². The predicted octanol–water partition coefficient (Wildman–Crippen LogP) is 4.39. The summed E-state index contributed by atoms with van der Waals surface area (Å²) in [6.45, 7) is 5.28. The molecule has 29 heavy (non-hydrogen) atoms. The van der Waals surface area contributed by atoms with Crippen molar-refractivity contribution in [1.29, 1.82) is 0 Å². The largest absolute Gasteiger partial charge is 0.482 e. The third kappa shape index (κ3) is 4.29. The number of aryl methyl sites for hydroxylation is 1. The number of amides is 1. The Labute approximate surface area is 173 Å². The normalized spacial score (nSPS) is 13.3. The molecule has 0 bridgehead atoms. The van der Waals surface area contributed by atoms with Gasteiger partial charge in [0.1, 0.15) is 5.75 Å². The van der Waals surface area contributed by atoms with E-state index in [1.807, 2.05) is 18.2 Å². The lowest BCUT2D eigenvalue weighted by Crippen LogP contribution is -2.25. The highest BCUT2D eigenvalue weighted by Gasteiger charge is 2.19. The second kappa shape index (κ2) is 8.29. The van der Waals surface area contributed by atoms with Crippen LogP contribution < -0.4 is 10.1 Å². The summed E-state index contributed by atoms with van der Waals surface area (Å²) in [5.41, 5.74) is 3.13. The van der Waals surface area contributed by atoms with E-state index in [0.29, 0.717) is 22.9 Å². The molecule has 0 aliphatic carbocycles. The van der Waals surface area contributed by atoms with Gasteiger partial charge in [-0.15, -0.1) is 0 Å². The lowest BCUT2D eigenvalue weighted by Gasteiger charge is -2.18. The predicted molar refractivity (Wildman–Crippen MR) is 115 cm³/mol. The topological polar surface area (TPSA) is 73.2 Å². The van der Waals surface area contributed by atoms with Crippen LogP contribution >= 0.6 is 11.8 Å². The van der Waals surface area contributed by atoms with Gasteiger partial charge in [-0.3, -0.25) is 9.59 Å². The Kier molecular flexibility index (Phi) is 5.58. The maximum atomic E-state index is 12.8. The number of carbonyl (C=O) groups is 2. The lowest BCUT2D eigenvalue weighted by molar-refractivity contribution is -0.118. The molecule has 0 atom stereocenters. The number of imidazole rings is 1. The molecule has 7 heteroatoms. The molecule has 150 valence electrons. The smallest absolute Gasteiger partial charge is 0.262 e. The van der Waals surface area contributed by atoms with E-state index in [2.05, 4.69) is 29.8 Å². The molecule has 2 heterocycles. The first-order chi connectivity index (χ1) is 14.0. The fourth-order valence-corrected chi connectivity index (χ4v) is 4.17. The second-order valence-corrected chi connectivity index (χ2v) is 8.42. The van der Waals surface area contributed by atoms with Gasteiger partial charge in [-0.05, 0) is 42.7 Å². The summed E-state index contributed by atoms with van der Waals surface area (Å²) in [6, 6.07) is 13.2. The third-order valence-electron chi connectivity index (χ3n) is 4.82. The van der Waals surface area contributed by atoms with Gasteiger partial charge >= 0.3 is 0 Å². The number of carbonyl (C=O) groups excluding carboxylic acids is 2. The van der Waals surface area contributed by atoms with E-state index >= 15 is 0 Å². The van der Waals surface area contributed by atoms with Gasteiger partial charge < -0.3 is 14.6 Å². The Balaban J connectivity index is 1.52. The maximum Gasteiger partial charge on any atom is 0.262 e. The van der Waals surface area contributed by atoms with Crippen molar-refractivity contribution in [2.45, 2.75) is 32.0 Å². The molecule has 1 aromatic heterocycles. The number of rotatable bonds is 7. The van der Waals surface area contributed by atoms with E-state index in [1.54, 1.807) is 18.2 Å². The average Bonchev–Trinajstić information content (AvgIpc) is 3.07. The number of para-hydroxylation sites is 2. The summed E-state index contributed by atoms with van der Waals surface area (Å²) in [4.78, 5) is 29.0. The third-order valence-corrected chi connectivity index (χ3v) is 5.79. The molecule has 1 aliphatic heterocycles. The Morgan fingerprint density at radius 3 is 2.93 bits per heavy atom. The van der Waals surface area contributed by atoms with Crippen LogP contribution in [0.5, 0.6) is 5.75 Å². The number of anilines is 1. The van der Waals surface area contributed by atoms with Crippen molar-refractivity contribution < 1.29 is 14.3 Å². The Hall–Kier alpha value is -2.80. The van der Waals surface area contributed by atoms with Crippen molar-refractivity contribution in [3.05, 3.63) is 48.0 Å². The number of ether oxygens (including phenoxy) is 1. The molecule has 1 amide bonds. The summed E-state index contributed by atoms with van der Waals surface area (Å²) in [6.07, 6.45) is 1.05. The van der Waals surface area contributed by atoms with Crippen LogP contribution in [-0.2, 0) is 11.3 Å². The minimum atomic E-state index is -0.213. The molecule has 6 nitrogen and oxygen atoms in total. The number of hydrogen-bond donors (Lipinski definition) is 1. The number of hydrogen-bond acceptors (Lipinski definition) is 5. The van der Waals surface area contributed by atoms with E-state index < -0.39 is 0 Å². The number of ketones is 1. The molecule has 3 aromatic rings. The molecule has 0 fully saturated rings. The number of thioether (sulfide) groups is 1. The van der Waals surface area contributed by atoms with Gasteiger partial charge in [0, 0.05) is 12.1 Å².